The van der Waals surface area contributed by atoms with E-state index in [-0.39, 0.29) is 5.82 Å². The average Bonchev–Trinajstić information content (AvgIpc) is 3.34. The van der Waals surface area contributed by atoms with Crippen LogP contribution in [0.4, 0.5) is 4.39 Å². The zero-order valence-electron chi connectivity index (χ0n) is 12.5. The van der Waals surface area contributed by atoms with E-state index in [4.69, 9.17) is 4.74 Å². The summed E-state index contributed by atoms with van der Waals surface area (Å²) in [6.07, 6.45) is 3.63. The summed E-state index contributed by atoms with van der Waals surface area (Å²) in [6, 6.07) is 6.63. The number of rotatable bonds is 8. The number of hydrogen-bond acceptors (Lipinski definition) is 4. The Morgan fingerprint density at radius 2 is 2.23 bits per heavy atom. The quantitative estimate of drug-likeness (QED) is 0.785. The predicted octanol–water partition coefficient (Wildman–Crippen LogP) is 2.25. The average molecular weight is 304 g/mol. The Kier molecular flexibility index (Phi) is 4.97. The van der Waals surface area contributed by atoms with Gasteiger partial charge in [0, 0.05) is 31.3 Å². The van der Waals surface area contributed by atoms with Crippen molar-refractivity contribution in [3.05, 3.63) is 41.8 Å². The Balaban J connectivity index is 1.49. The lowest BCUT2D eigenvalue weighted by Crippen LogP contribution is -2.30. The highest BCUT2D eigenvalue weighted by atomic mass is 19.1. The first kappa shape index (κ1) is 15.3. The maximum Gasteiger partial charge on any atom is 0.132 e. The molecule has 0 bridgehead atoms. The number of fused-ring (bicyclic) bond motifs is 1. The van der Waals surface area contributed by atoms with Crippen molar-refractivity contribution in [2.24, 2.45) is 5.92 Å². The van der Waals surface area contributed by atoms with Crippen LogP contribution in [0.15, 0.2) is 30.5 Å². The first-order chi connectivity index (χ1) is 10.7. The van der Waals surface area contributed by atoms with Crippen LogP contribution in [0.1, 0.15) is 18.4 Å². The van der Waals surface area contributed by atoms with Crippen molar-refractivity contribution in [2.75, 3.05) is 19.8 Å². The second-order valence-electron chi connectivity index (χ2n) is 5.87. The molecule has 1 fully saturated rings. The zero-order valence-corrected chi connectivity index (χ0v) is 12.5. The third-order valence-electron chi connectivity index (χ3n) is 3.86. The molecule has 1 saturated carbocycles. The van der Waals surface area contributed by atoms with E-state index in [0.717, 1.165) is 12.2 Å². The van der Waals surface area contributed by atoms with E-state index in [1.54, 1.807) is 24.4 Å². The molecule has 118 valence electrons. The molecule has 1 heterocycles. The van der Waals surface area contributed by atoms with Gasteiger partial charge in [-0.3, -0.25) is 4.98 Å². The lowest BCUT2D eigenvalue weighted by molar-refractivity contribution is 0.0324. The number of aliphatic hydroxyl groups excluding tert-OH is 1. The highest BCUT2D eigenvalue weighted by Gasteiger charge is 2.21. The Labute approximate surface area is 129 Å². The number of ether oxygens (including phenoxy) is 1. The van der Waals surface area contributed by atoms with E-state index in [0.29, 0.717) is 36.5 Å². The number of nitrogens with one attached hydrogen (secondary N) is 1. The van der Waals surface area contributed by atoms with Crippen LogP contribution in [0.5, 0.6) is 0 Å². The van der Waals surface area contributed by atoms with Gasteiger partial charge in [-0.2, -0.15) is 0 Å². The molecule has 0 aliphatic heterocycles. The van der Waals surface area contributed by atoms with Gasteiger partial charge in [0.1, 0.15) is 5.82 Å². The molecule has 1 aromatic carbocycles. The Hall–Kier alpha value is -1.56. The van der Waals surface area contributed by atoms with Crippen LogP contribution in [0, 0.1) is 11.7 Å². The van der Waals surface area contributed by atoms with Crippen molar-refractivity contribution in [1.82, 2.24) is 10.3 Å². The van der Waals surface area contributed by atoms with Crippen molar-refractivity contribution in [1.29, 1.82) is 0 Å². The van der Waals surface area contributed by atoms with E-state index < -0.39 is 6.10 Å². The summed E-state index contributed by atoms with van der Waals surface area (Å²) >= 11 is 0. The molecule has 0 saturated heterocycles. The van der Waals surface area contributed by atoms with Crippen LogP contribution >= 0.6 is 0 Å². The Bertz CT molecular complexity index is 631. The topological polar surface area (TPSA) is 54.4 Å². The summed E-state index contributed by atoms with van der Waals surface area (Å²) in [6.45, 7) is 2.08. The minimum atomic E-state index is -0.529. The van der Waals surface area contributed by atoms with Gasteiger partial charge in [0.15, 0.2) is 0 Å². The normalized spacial score (nSPS) is 16.1. The molecule has 1 aliphatic carbocycles. The largest absolute Gasteiger partial charge is 0.389 e. The minimum Gasteiger partial charge on any atom is -0.389 e. The number of aliphatic hydroxyl groups is 1. The van der Waals surface area contributed by atoms with Gasteiger partial charge in [-0.25, -0.2) is 4.39 Å². The standard InChI is InChI=1S/C17H21FN2O2/c18-16-6-5-13(17-15(16)2-1-7-20-17)8-19-9-14(21)11-22-10-12-3-4-12/h1-2,5-7,12,14,19,21H,3-4,8-11H2. The van der Waals surface area contributed by atoms with E-state index >= 15 is 0 Å². The first-order valence-electron chi connectivity index (χ1n) is 7.72. The molecule has 1 aliphatic rings. The Morgan fingerprint density at radius 1 is 1.36 bits per heavy atom. The highest BCUT2D eigenvalue weighted by molar-refractivity contribution is 5.82. The molecule has 4 nitrogen and oxygen atoms in total. The summed E-state index contributed by atoms with van der Waals surface area (Å²) in [4.78, 5) is 4.25. The summed E-state index contributed by atoms with van der Waals surface area (Å²) in [5.74, 6) is 0.442. The van der Waals surface area contributed by atoms with Gasteiger partial charge >= 0.3 is 0 Å². The van der Waals surface area contributed by atoms with Crippen molar-refractivity contribution in [3.63, 3.8) is 0 Å². The summed E-state index contributed by atoms with van der Waals surface area (Å²) < 4.78 is 19.2. The fourth-order valence-electron chi connectivity index (χ4n) is 2.43. The predicted molar refractivity (Wildman–Crippen MR) is 83.0 cm³/mol. The van der Waals surface area contributed by atoms with Crippen molar-refractivity contribution in [3.8, 4) is 0 Å². The SMILES string of the molecule is OC(CNCc1ccc(F)c2cccnc12)COCC1CC1. The second-order valence-corrected chi connectivity index (χ2v) is 5.87. The third-order valence-corrected chi connectivity index (χ3v) is 3.86. The lowest BCUT2D eigenvalue weighted by atomic mass is 10.1. The first-order valence-corrected chi connectivity index (χ1v) is 7.72. The molecule has 1 atom stereocenters. The van der Waals surface area contributed by atoms with Crippen molar-refractivity contribution >= 4 is 10.9 Å². The fourth-order valence-corrected chi connectivity index (χ4v) is 2.43. The Morgan fingerprint density at radius 3 is 3.05 bits per heavy atom. The van der Waals surface area contributed by atoms with Gasteiger partial charge in [-0.05, 0) is 42.5 Å². The van der Waals surface area contributed by atoms with E-state index in [9.17, 15) is 9.50 Å². The second kappa shape index (κ2) is 7.13. The molecule has 22 heavy (non-hydrogen) atoms. The molecule has 0 spiro atoms. The summed E-state index contributed by atoms with van der Waals surface area (Å²) in [5.41, 5.74) is 1.58. The van der Waals surface area contributed by atoms with Gasteiger partial charge in [0.2, 0.25) is 0 Å². The maximum atomic E-state index is 13.7. The van der Waals surface area contributed by atoms with Crippen LogP contribution in [0.2, 0.25) is 0 Å². The highest BCUT2D eigenvalue weighted by Crippen LogP contribution is 2.28. The van der Waals surface area contributed by atoms with Crippen LogP contribution in [-0.2, 0) is 11.3 Å². The number of aromatic nitrogens is 1. The zero-order chi connectivity index (χ0) is 15.4. The van der Waals surface area contributed by atoms with E-state index in [1.807, 2.05) is 0 Å². The van der Waals surface area contributed by atoms with Crippen LogP contribution in [-0.4, -0.2) is 36.0 Å². The van der Waals surface area contributed by atoms with E-state index in [2.05, 4.69) is 10.3 Å². The molecule has 1 aromatic heterocycles. The number of nitrogens with zero attached hydrogens (tertiary/aromatic N) is 1. The van der Waals surface area contributed by atoms with Crippen LogP contribution in [0.3, 0.4) is 0 Å². The van der Waals surface area contributed by atoms with Gasteiger partial charge in [0.25, 0.3) is 0 Å². The van der Waals surface area contributed by atoms with Gasteiger partial charge in [0.05, 0.1) is 18.2 Å². The smallest absolute Gasteiger partial charge is 0.132 e. The van der Waals surface area contributed by atoms with Crippen LogP contribution < -0.4 is 5.32 Å². The molecular weight excluding hydrogens is 283 g/mol. The van der Waals surface area contributed by atoms with Crippen molar-refractivity contribution in [2.45, 2.75) is 25.5 Å². The lowest BCUT2D eigenvalue weighted by Gasteiger charge is -2.13. The maximum absolute atomic E-state index is 13.7. The van der Waals surface area contributed by atoms with E-state index in [1.165, 1.54) is 18.9 Å². The summed E-state index contributed by atoms with van der Waals surface area (Å²) in [5, 5.41) is 13.6. The number of hydrogen-bond donors (Lipinski definition) is 2. The molecule has 2 aromatic rings. The van der Waals surface area contributed by atoms with Gasteiger partial charge < -0.3 is 15.2 Å². The van der Waals surface area contributed by atoms with Crippen LogP contribution in [0.25, 0.3) is 10.9 Å². The third kappa shape index (κ3) is 4.00. The number of halogens is 1. The molecule has 0 amide bonds. The molecule has 1 unspecified atom stereocenters. The van der Waals surface area contributed by atoms with Gasteiger partial charge in [-0.1, -0.05) is 6.07 Å². The number of benzene rings is 1. The molecule has 3 rings (SSSR count). The molecular formula is C17H21FN2O2. The summed E-state index contributed by atoms with van der Waals surface area (Å²) in [7, 11) is 0. The monoisotopic (exact) mass is 304 g/mol. The molecule has 5 heteroatoms. The fraction of sp³-hybridized carbons (Fsp3) is 0.471. The minimum absolute atomic E-state index is 0.264. The van der Waals surface area contributed by atoms with Gasteiger partial charge in [-0.15, -0.1) is 0 Å². The molecule has 0 radical (unpaired) electrons. The molecule has 2 N–H and O–H groups in total. The number of pyridine rings is 1. The van der Waals surface area contributed by atoms with Crippen molar-refractivity contribution < 1.29 is 14.2 Å².